The van der Waals surface area contributed by atoms with Gasteiger partial charge in [0.25, 0.3) is 5.90 Å². The molecule has 5 rings (SSSR count). The first kappa shape index (κ1) is 22.1. The highest BCUT2D eigenvalue weighted by molar-refractivity contribution is 6.15. The van der Waals surface area contributed by atoms with E-state index in [2.05, 4.69) is 4.99 Å². The number of hydrogen-bond acceptors (Lipinski definition) is 9. The van der Waals surface area contributed by atoms with Gasteiger partial charge in [0.2, 0.25) is 5.75 Å². The van der Waals surface area contributed by atoms with E-state index in [1.165, 1.54) is 27.6 Å². The van der Waals surface area contributed by atoms with Crippen molar-refractivity contribution in [3.8, 4) is 28.7 Å². The van der Waals surface area contributed by atoms with E-state index in [1.54, 1.807) is 55.7 Å². The molecule has 0 spiro atoms. The van der Waals surface area contributed by atoms with Crippen molar-refractivity contribution < 1.29 is 37.6 Å². The third kappa shape index (κ3) is 3.86. The van der Waals surface area contributed by atoms with Crippen LogP contribution >= 0.6 is 0 Å². The van der Waals surface area contributed by atoms with Crippen molar-refractivity contribution in [2.24, 2.45) is 4.99 Å². The highest BCUT2D eigenvalue weighted by Gasteiger charge is 2.32. The Morgan fingerprint density at radius 1 is 0.857 bits per heavy atom. The standard InChI is InChI=1S/C26H21NO8/c1-29-15-7-8-18-16(12-15)17(23-26(28)35-25(27-23)19-6-5-9-33-19)13-20(34-18)14-10-21(30-2)24(32-4)22(11-14)31-3/h5-13H,1-4H3/b23-17-. The number of methoxy groups -OCH3 is 4. The molecule has 0 aliphatic carbocycles. The minimum Gasteiger partial charge on any atom is -0.497 e. The Bertz CT molecular complexity index is 1370. The maximum atomic E-state index is 12.9. The predicted octanol–water partition coefficient (Wildman–Crippen LogP) is 4.46. The Morgan fingerprint density at radius 3 is 2.26 bits per heavy atom. The van der Waals surface area contributed by atoms with Crippen molar-refractivity contribution in [3.05, 3.63) is 77.4 Å². The lowest BCUT2D eigenvalue weighted by Gasteiger charge is -2.22. The summed E-state index contributed by atoms with van der Waals surface area (Å²) in [5.74, 6) is 2.74. The lowest BCUT2D eigenvalue weighted by atomic mass is 9.97. The van der Waals surface area contributed by atoms with Crippen molar-refractivity contribution in [1.82, 2.24) is 0 Å². The topological polar surface area (TPSA) is 98.0 Å². The molecule has 35 heavy (non-hydrogen) atoms. The number of ether oxygens (including phenoxy) is 6. The normalized spacial score (nSPS) is 16.5. The molecule has 0 amide bonds. The molecule has 0 unspecified atom stereocenters. The predicted molar refractivity (Wildman–Crippen MR) is 126 cm³/mol. The summed E-state index contributed by atoms with van der Waals surface area (Å²) in [4.78, 5) is 17.3. The van der Waals surface area contributed by atoms with Gasteiger partial charge in [0.1, 0.15) is 17.3 Å². The minimum absolute atomic E-state index is 0.0844. The van der Waals surface area contributed by atoms with Gasteiger partial charge < -0.3 is 32.8 Å². The number of nitrogens with zero attached hydrogens (tertiary/aromatic N) is 1. The van der Waals surface area contributed by atoms with Crippen molar-refractivity contribution in [2.75, 3.05) is 28.4 Å². The Balaban J connectivity index is 1.71. The number of carbonyl (C=O) groups is 1. The maximum Gasteiger partial charge on any atom is 0.364 e. The Morgan fingerprint density at radius 2 is 1.63 bits per heavy atom. The lowest BCUT2D eigenvalue weighted by Crippen LogP contribution is -2.09. The minimum atomic E-state index is -0.609. The SMILES string of the molecule is COc1ccc2c(c1)/C(=C1\N=C(c3ccco3)OC1=O)C=C(c1cc(OC)c(OC)c(OC)c1)O2. The van der Waals surface area contributed by atoms with Crippen molar-refractivity contribution in [1.29, 1.82) is 0 Å². The van der Waals surface area contributed by atoms with Gasteiger partial charge in [-0.3, -0.25) is 0 Å². The second kappa shape index (κ2) is 8.94. The van der Waals surface area contributed by atoms with Crippen molar-refractivity contribution in [3.63, 3.8) is 0 Å². The van der Waals surface area contributed by atoms with Gasteiger partial charge >= 0.3 is 5.97 Å². The van der Waals surface area contributed by atoms with E-state index in [0.29, 0.717) is 57.0 Å². The number of cyclic esters (lactones) is 1. The van der Waals surface area contributed by atoms with E-state index >= 15 is 0 Å². The number of fused-ring (bicyclic) bond motifs is 1. The van der Waals surface area contributed by atoms with Crippen LogP contribution in [0.2, 0.25) is 0 Å². The van der Waals surface area contributed by atoms with Crippen LogP contribution < -0.4 is 23.7 Å². The fourth-order valence-electron chi connectivity index (χ4n) is 3.84. The summed E-state index contributed by atoms with van der Waals surface area (Å²) in [6.45, 7) is 0. The summed E-state index contributed by atoms with van der Waals surface area (Å²) in [6, 6.07) is 12.2. The molecule has 178 valence electrons. The van der Waals surface area contributed by atoms with Crippen LogP contribution in [0.1, 0.15) is 16.9 Å². The molecule has 2 aromatic carbocycles. The summed E-state index contributed by atoms with van der Waals surface area (Å²) >= 11 is 0. The number of hydrogen-bond donors (Lipinski definition) is 0. The lowest BCUT2D eigenvalue weighted by molar-refractivity contribution is -0.130. The molecular weight excluding hydrogens is 454 g/mol. The van der Waals surface area contributed by atoms with Gasteiger partial charge in [0.05, 0.1) is 34.7 Å². The molecule has 0 fully saturated rings. The van der Waals surface area contributed by atoms with Gasteiger partial charge in [0, 0.05) is 16.7 Å². The molecule has 3 aromatic rings. The first-order chi connectivity index (χ1) is 17.1. The Hall–Kier alpha value is -4.66. The van der Waals surface area contributed by atoms with Crippen LogP contribution in [0.15, 0.2) is 69.9 Å². The van der Waals surface area contributed by atoms with Gasteiger partial charge in [-0.2, -0.15) is 0 Å². The fraction of sp³-hybridized carbons (Fsp3) is 0.154. The van der Waals surface area contributed by atoms with Crippen LogP contribution in [0.3, 0.4) is 0 Å². The number of aliphatic imine (C=N–C) groups is 1. The molecule has 0 N–H and O–H groups in total. The second-order valence-electron chi connectivity index (χ2n) is 7.43. The molecule has 9 nitrogen and oxygen atoms in total. The number of allylic oxidation sites excluding steroid dienone is 2. The van der Waals surface area contributed by atoms with Crippen molar-refractivity contribution >= 4 is 23.2 Å². The van der Waals surface area contributed by atoms with Gasteiger partial charge in [-0.15, -0.1) is 0 Å². The van der Waals surface area contributed by atoms with Crippen molar-refractivity contribution in [2.45, 2.75) is 0 Å². The molecule has 9 heteroatoms. The zero-order chi connectivity index (χ0) is 24.5. The van der Waals surface area contributed by atoms with E-state index < -0.39 is 5.97 Å². The first-order valence-electron chi connectivity index (χ1n) is 10.5. The maximum absolute atomic E-state index is 12.9. The highest BCUT2D eigenvalue weighted by Crippen LogP contribution is 2.45. The largest absolute Gasteiger partial charge is 0.497 e. The van der Waals surface area contributed by atoms with E-state index in [1.807, 2.05) is 0 Å². The summed E-state index contributed by atoms with van der Waals surface area (Å²) in [7, 11) is 6.16. The second-order valence-corrected chi connectivity index (χ2v) is 7.43. The zero-order valence-electron chi connectivity index (χ0n) is 19.4. The average Bonchev–Trinajstić information content (AvgIpc) is 3.56. The number of rotatable bonds is 6. The fourth-order valence-corrected chi connectivity index (χ4v) is 3.84. The van der Waals surface area contributed by atoms with Crippen LogP contribution in [0.5, 0.6) is 28.7 Å². The molecule has 0 bridgehead atoms. The van der Waals surface area contributed by atoms with Gasteiger partial charge in [0.15, 0.2) is 23.0 Å². The van der Waals surface area contributed by atoms with E-state index in [-0.39, 0.29) is 11.6 Å². The Labute approximate surface area is 200 Å². The smallest absolute Gasteiger partial charge is 0.364 e. The molecule has 0 saturated carbocycles. The van der Waals surface area contributed by atoms with E-state index in [4.69, 9.17) is 32.8 Å². The molecule has 0 atom stereocenters. The first-order valence-corrected chi connectivity index (χ1v) is 10.5. The third-order valence-electron chi connectivity index (χ3n) is 5.50. The molecule has 2 aliphatic rings. The van der Waals surface area contributed by atoms with Crippen LogP contribution in [0, 0.1) is 0 Å². The highest BCUT2D eigenvalue weighted by atomic mass is 16.6. The van der Waals surface area contributed by atoms with Crippen LogP contribution in [-0.2, 0) is 9.53 Å². The van der Waals surface area contributed by atoms with E-state index in [0.717, 1.165) is 0 Å². The molecule has 1 aromatic heterocycles. The molecular formula is C26H21NO8. The molecule has 0 saturated heterocycles. The molecule has 0 radical (unpaired) electrons. The van der Waals surface area contributed by atoms with Crippen LogP contribution in [0.25, 0.3) is 11.3 Å². The average molecular weight is 475 g/mol. The summed E-state index contributed by atoms with van der Waals surface area (Å²) in [6.07, 6.45) is 3.20. The van der Waals surface area contributed by atoms with Gasteiger partial charge in [-0.1, -0.05) is 0 Å². The quantitative estimate of drug-likeness (QED) is 0.381. The van der Waals surface area contributed by atoms with Gasteiger partial charge in [-0.25, -0.2) is 9.79 Å². The summed E-state index contributed by atoms with van der Waals surface area (Å²) < 4.78 is 38.7. The molecule has 3 heterocycles. The number of furan rings is 1. The zero-order valence-corrected chi connectivity index (χ0v) is 19.4. The van der Waals surface area contributed by atoms with Gasteiger partial charge in [-0.05, 0) is 48.5 Å². The monoisotopic (exact) mass is 475 g/mol. The van der Waals surface area contributed by atoms with Crippen LogP contribution in [0.4, 0.5) is 0 Å². The Kier molecular flexibility index (Phi) is 5.66. The number of esters is 1. The van der Waals surface area contributed by atoms with E-state index in [9.17, 15) is 4.79 Å². The summed E-state index contributed by atoms with van der Waals surface area (Å²) in [5, 5.41) is 0. The number of benzene rings is 2. The molecule has 2 aliphatic heterocycles. The summed E-state index contributed by atoms with van der Waals surface area (Å²) in [5.41, 5.74) is 1.87. The van der Waals surface area contributed by atoms with Crippen LogP contribution in [-0.4, -0.2) is 40.3 Å². The third-order valence-corrected chi connectivity index (χ3v) is 5.50. The number of carbonyl (C=O) groups excluding carboxylic acids is 1.